The van der Waals surface area contributed by atoms with Gasteiger partial charge in [-0.05, 0) is 25.4 Å². The fourth-order valence-electron chi connectivity index (χ4n) is 2.03. The minimum atomic E-state index is 0.216. The van der Waals surface area contributed by atoms with Crippen LogP contribution in [0, 0.1) is 5.92 Å². The Morgan fingerprint density at radius 3 is 2.41 bits per heavy atom. The molecule has 0 aromatic carbocycles. The van der Waals surface area contributed by atoms with Crippen LogP contribution in [0.1, 0.15) is 12.8 Å². The summed E-state index contributed by atoms with van der Waals surface area (Å²) in [5.74, 6) is 0.711. The predicted molar refractivity (Wildman–Crippen MR) is 65.9 cm³/mol. The Balaban J connectivity index is 2.34. The number of ether oxygens (including phenoxy) is 2. The van der Waals surface area contributed by atoms with Gasteiger partial charge in [0, 0.05) is 33.7 Å². The third kappa shape index (κ3) is 5.48. The van der Waals surface area contributed by atoms with Crippen LogP contribution in [0.2, 0.25) is 0 Å². The molecule has 1 N–H and O–H groups in total. The molecule has 1 fully saturated rings. The quantitative estimate of drug-likeness (QED) is 0.658. The fraction of sp³-hybridized carbons (Fsp3) is 0.917. The first-order valence-corrected chi connectivity index (χ1v) is 6.24. The highest BCUT2D eigenvalue weighted by Gasteiger charge is 2.21. The highest BCUT2D eigenvalue weighted by Crippen LogP contribution is 2.13. The molecule has 5 nitrogen and oxygen atoms in total. The summed E-state index contributed by atoms with van der Waals surface area (Å²) in [4.78, 5) is 13.9. The van der Waals surface area contributed by atoms with Crippen LogP contribution < -0.4 is 5.32 Å². The summed E-state index contributed by atoms with van der Waals surface area (Å²) in [5, 5.41) is 3.28. The average molecular weight is 244 g/mol. The van der Waals surface area contributed by atoms with Gasteiger partial charge in [0.2, 0.25) is 5.91 Å². The molecule has 0 aromatic heterocycles. The van der Waals surface area contributed by atoms with Gasteiger partial charge in [0.25, 0.3) is 0 Å². The fourth-order valence-corrected chi connectivity index (χ4v) is 2.03. The molecule has 1 amide bonds. The monoisotopic (exact) mass is 244 g/mol. The van der Waals surface area contributed by atoms with E-state index in [0.717, 1.165) is 19.5 Å². The molecule has 0 aromatic rings. The van der Waals surface area contributed by atoms with Crippen LogP contribution in [0.25, 0.3) is 0 Å². The molecule has 1 heterocycles. The second kappa shape index (κ2) is 8.44. The number of carbonyl (C=O) groups is 1. The van der Waals surface area contributed by atoms with Gasteiger partial charge >= 0.3 is 0 Å². The van der Waals surface area contributed by atoms with E-state index in [4.69, 9.17) is 9.47 Å². The number of nitrogens with zero attached hydrogens (tertiary/aromatic N) is 1. The number of carbonyl (C=O) groups excluding carboxylic acids is 1. The molecule has 1 aliphatic heterocycles. The predicted octanol–water partition coefficient (Wildman–Crippen LogP) is 0.107. The summed E-state index contributed by atoms with van der Waals surface area (Å²) in [7, 11) is 3.31. The SMILES string of the molecule is COCCN(CCOC)C(=O)CC1CCNC1. The molecule has 5 heteroatoms. The van der Waals surface area contributed by atoms with Crippen LogP contribution in [0.4, 0.5) is 0 Å². The Labute approximate surface area is 103 Å². The van der Waals surface area contributed by atoms with Crippen molar-refractivity contribution in [3.63, 3.8) is 0 Å². The van der Waals surface area contributed by atoms with Gasteiger partial charge < -0.3 is 19.7 Å². The third-order valence-corrected chi connectivity index (χ3v) is 3.11. The van der Waals surface area contributed by atoms with E-state index in [1.165, 1.54) is 0 Å². The zero-order valence-electron chi connectivity index (χ0n) is 10.9. The van der Waals surface area contributed by atoms with Gasteiger partial charge in [0.15, 0.2) is 0 Å². The minimum absolute atomic E-state index is 0.216. The second-order valence-electron chi connectivity index (χ2n) is 4.43. The van der Waals surface area contributed by atoms with Crippen LogP contribution in [0.15, 0.2) is 0 Å². The molecule has 0 spiro atoms. The van der Waals surface area contributed by atoms with Gasteiger partial charge in [-0.15, -0.1) is 0 Å². The smallest absolute Gasteiger partial charge is 0.223 e. The van der Waals surface area contributed by atoms with E-state index < -0.39 is 0 Å². The molecule has 1 rings (SSSR count). The van der Waals surface area contributed by atoms with Crippen molar-refractivity contribution in [2.24, 2.45) is 5.92 Å². The van der Waals surface area contributed by atoms with E-state index in [9.17, 15) is 4.79 Å². The van der Waals surface area contributed by atoms with Crippen molar-refractivity contribution in [3.8, 4) is 0 Å². The molecule has 1 aliphatic rings. The highest BCUT2D eigenvalue weighted by molar-refractivity contribution is 5.76. The Kier molecular flexibility index (Phi) is 7.16. The normalized spacial score (nSPS) is 19.5. The highest BCUT2D eigenvalue weighted by atomic mass is 16.5. The van der Waals surface area contributed by atoms with Crippen LogP contribution >= 0.6 is 0 Å². The van der Waals surface area contributed by atoms with E-state index in [-0.39, 0.29) is 5.91 Å². The number of nitrogens with one attached hydrogen (secondary N) is 1. The Hall–Kier alpha value is -0.650. The van der Waals surface area contributed by atoms with Crippen molar-refractivity contribution in [1.29, 1.82) is 0 Å². The minimum Gasteiger partial charge on any atom is -0.383 e. The van der Waals surface area contributed by atoms with E-state index in [0.29, 0.717) is 38.6 Å². The number of hydrogen-bond acceptors (Lipinski definition) is 4. The maximum absolute atomic E-state index is 12.1. The molecule has 1 saturated heterocycles. The zero-order valence-corrected chi connectivity index (χ0v) is 10.9. The lowest BCUT2D eigenvalue weighted by Gasteiger charge is -2.23. The summed E-state index contributed by atoms with van der Waals surface area (Å²) in [6.07, 6.45) is 1.74. The van der Waals surface area contributed by atoms with Crippen molar-refractivity contribution in [2.45, 2.75) is 12.8 Å². The Bertz CT molecular complexity index is 210. The Morgan fingerprint density at radius 1 is 1.29 bits per heavy atom. The number of rotatable bonds is 8. The molecular formula is C12H24N2O3. The van der Waals surface area contributed by atoms with E-state index in [2.05, 4.69) is 5.32 Å². The van der Waals surface area contributed by atoms with E-state index in [1.54, 1.807) is 14.2 Å². The molecule has 1 unspecified atom stereocenters. The Morgan fingerprint density at radius 2 is 1.94 bits per heavy atom. The van der Waals surface area contributed by atoms with Crippen molar-refractivity contribution in [1.82, 2.24) is 10.2 Å². The summed E-state index contributed by atoms with van der Waals surface area (Å²) in [6.45, 7) is 4.47. The van der Waals surface area contributed by atoms with E-state index >= 15 is 0 Å². The lowest BCUT2D eigenvalue weighted by atomic mass is 10.0. The molecule has 17 heavy (non-hydrogen) atoms. The largest absolute Gasteiger partial charge is 0.383 e. The van der Waals surface area contributed by atoms with Crippen molar-refractivity contribution >= 4 is 5.91 Å². The van der Waals surface area contributed by atoms with Crippen LogP contribution in [0.5, 0.6) is 0 Å². The van der Waals surface area contributed by atoms with Crippen molar-refractivity contribution in [3.05, 3.63) is 0 Å². The number of methoxy groups -OCH3 is 2. The van der Waals surface area contributed by atoms with Crippen molar-refractivity contribution in [2.75, 3.05) is 53.6 Å². The maximum atomic E-state index is 12.1. The molecule has 1 atom stereocenters. The molecule has 0 bridgehead atoms. The van der Waals surface area contributed by atoms with Gasteiger partial charge in [0.05, 0.1) is 13.2 Å². The lowest BCUT2D eigenvalue weighted by molar-refractivity contribution is -0.133. The van der Waals surface area contributed by atoms with Gasteiger partial charge in [-0.25, -0.2) is 0 Å². The van der Waals surface area contributed by atoms with Crippen LogP contribution in [0.3, 0.4) is 0 Å². The van der Waals surface area contributed by atoms with Crippen LogP contribution in [-0.2, 0) is 14.3 Å². The summed E-state index contributed by atoms with van der Waals surface area (Å²) < 4.78 is 10.1. The molecule has 100 valence electrons. The zero-order chi connectivity index (χ0) is 12.5. The molecule has 0 saturated carbocycles. The standard InChI is InChI=1S/C12H24N2O3/c1-16-7-5-14(6-8-17-2)12(15)9-11-3-4-13-10-11/h11,13H,3-10H2,1-2H3. The van der Waals surface area contributed by atoms with Gasteiger partial charge in [-0.2, -0.15) is 0 Å². The van der Waals surface area contributed by atoms with Gasteiger partial charge in [0.1, 0.15) is 0 Å². The summed E-state index contributed by atoms with van der Waals surface area (Å²) in [5.41, 5.74) is 0. The lowest BCUT2D eigenvalue weighted by Crippen LogP contribution is -2.37. The first-order chi connectivity index (χ1) is 8.27. The molecule has 0 radical (unpaired) electrons. The molecule has 0 aliphatic carbocycles. The summed E-state index contributed by atoms with van der Waals surface area (Å²) in [6, 6.07) is 0. The first kappa shape index (κ1) is 14.4. The topological polar surface area (TPSA) is 50.8 Å². The summed E-state index contributed by atoms with van der Waals surface area (Å²) >= 11 is 0. The first-order valence-electron chi connectivity index (χ1n) is 6.24. The maximum Gasteiger partial charge on any atom is 0.223 e. The number of amides is 1. The average Bonchev–Trinajstić information content (AvgIpc) is 2.82. The second-order valence-corrected chi connectivity index (χ2v) is 4.43. The van der Waals surface area contributed by atoms with Crippen LogP contribution in [-0.4, -0.2) is 64.4 Å². The molecular weight excluding hydrogens is 220 g/mol. The third-order valence-electron chi connectivity index (χ3n) is 3.11. The van der Waals surface area contributed by atoms with Crippen molar-refractivity contribution < 1.29 is 14.3 Å². The number of hydrogen-bond donors (Lipinski definition) is 1. The van der Waals surface area contributed by atoms with E-state index in [1.807, 2.05) is 4.90 Å². The van der Waals surface area contributed by atoms with Gasteiger partial charge in [-0.3, -0.25) is 4.79 Å². The van der Waals surface area contributed by atoms with Gasteiger partial charge in [-0.1, -0.05) is 0 Å².